The minimum absolute atomic E-state index is 0.0635. The number of nitrogens with one attached hydrogen (secondary N) is 2. The topological polar surface area (TPSA) is 131 Å². The molecule has 4 N–H and O–H groups in total. The van der Waals surface area contributed by atoms with Crippen LogP contribution < -0.4 is 21.4 Å². The number of anilines is 1. The van der Waals surface area contributed by atoms with E-state index in [1.807, 2.05) is 19.9 Å². The predicted molar refractivity (Wildman–Crippen MR) is 131 cm³/mol. The number of carbonyl (C=O) groups is 4. The molecule has 190 valence electrons. The van der Waals surface area contributed by atoms with Crippen molar-refractivity contribution in [2.45, 2.75) is 78.3 Å². The van der Waals surface area contributed by atoms with Crippen molar-refractivity contribution in [1.29, 1.82) is 0 Å². The minimum atomic E-state index is -0.859. The molecule has 0 heterocycles. The van der Waals surface area contributed by atoms with Crippen molar-refractivity contribution in [1.82, 2.24) is 10.6 Å². The highest BCUT2D eigenvalue weighted by Crippen LogP contribution is 2.21. The van der Waals surface area contributed by atoms with Gasteiger partial charge in [0.25, 0.3) is 5.91 Å². The highest BCUT2D eigenvalue weighted by molar-refractivity contribution is 5.96. The molecule has 1 unspecified atom stereocenters. The third-order valence-electron chi connectivity index (χ3n) is 5.47. The van der Waals surface area contributed by atoms with Crippen LogP contribution in [-0.2, 0) is 24.0 Å². The summed E-state index contributed by atoms with van der Waals surface area (Å²) in [5.74, 6) is -2.38. The maximum absolute atomic E-state index is 13.2. The number of benzene rings is 1. The van der Waals surface area contributed by atoms with Crippen LogP contribution >= 0.6 is 0 Å². The average molecular weight is 477 g/mol. The third-order valence-corrected chi connectivity index (χ3v) is 5.47. The van der Waals surface area contributed by atoms with Crippen molar-refractivity contribution in [3.63, 3.8) is 0 Å². The van der Waals surface area contributed by atoms with Crippen molar-refractivity contribution >= 4 is 29.3 Å². The number of para-hydroxylation sites is 1. The van der Waals surface area contributed by atoms with Gasteiger partial charge in [-0.15, -0.1) is 0 Å². The van der Waals surface area contributed by atoms with E-state index in [2.05, 4.69) is 17.6 Å². The quantitative estimate of drug-likeness (QED) is 0.265. The second kappa shape index (κ2) is 15.1. The Bertz CT molecular complexity index is 800. The highest BCUT2D eigenvalue weighted by Gasteiger charge is 2.30. The molecule has 0 aliphatic rings. The summed E-state index contributed by atoms with van der Waals surface area (Å²) in [4.78, 5) is 55.7. The number of amides is 4. The number of primary amides is 1. The maximum Gasteiger partial charge on any atom is 0.251 e. The van der Waals surface area contributed by atoms with Crippen LogP contribution in [0.5, 0.6) is 0 Å². The zero-order valence-electron chi connectivity index (χ0n) is 21.0. The summed E-state index contributed by atoms with van der Waals surface area (Å²) >= 11 is 0. The first-order chi connectivity index (χ1) is 16.1. The molecule has 9 heteroatoms. The number of hydroxylamine groups is 1. The highest BCUT2D eigenvalue weighted by atomic mass is 16.7. The zero-order chi connectivity index (χ0) is 25.7. The molecule has 0 aromatic heterocycles. The fraction of sp³-hybridized carbons (Fsp3) is 0.600. The molecule has 0 saturated heterocycles. The lowest BCUT2D eigenvalue weighted by atomic mass is 9.94. The van der Waals surface area contributed by atoms with E-state index >= 15 is 0 Å². The SMILES string of the molecule is CCCCCC(CC(=O)N(OC)c1ccccc1)C(=O)N[C@@H](CC(C)C)C(=O)N[C@@H](C)C(N)=O. The maximum atomic E-state index is 13.2. The van der Waals surface area contributed by atoms with Crippen LogP contribution in [0.3, 0.4) is 0 Å². The van der Waals surface area contributed by atoms with Crippen molar-refractivity contribution in [3.8, 4) is 0 Å². The van der Waals surface area contributed by atoms with E-state index in [0.29, 0.717) is 18.5 Å². The lowest BCUT2D eigenvalue weighted by Crippen LogP contribution is -2.53. The van der Waals surface area contributed by atoms with Crippen molar-refractivity contribution in [2.75, 3.05) is 12.2 Å². The van der Waals surface area contributed by atoms with Crippen LogP contribution in [0.4, 0.5) is 5.69 Å². The van der Waals surface area contributed by atoms with Gasteiger partial charge < -0.3 is 16.4 Å². The molecule has 9 nitrogen and oxygen atoms in total. The molecule has 0 aliphatic carbocycles. The van der Waals surface area contributed by atoms with Gasteiger partial charge in [0.05, 0.1) is 12.8 Å². The standard InChI is InChI=1S/C25H40N4O5/c1-6-7-9-12-19(16-22(30)29(34-5)20-13-10-8-11-14-20)24(32)28-21(15-17(2)3)25(33)27-18(4)23(26)31/h8,10-11,13-14,17-19,21H,6-7,9,12,15-16H2,1-5H3,(H2,26,31)(H,27,33)(H,28,32)/t18-,19?,21-/m0/s1. The Morgan fingerprint density at radius 1 is 1.00 bits per heavy atom. The number of hydrogen-bond acceptors (Lipinski definition) is 5. The Morgan fingerprint density at radius 3 is 2.18 bits per heavy atom. The number of hydrogen-bond donors (Lipinski definition) is 3. The summed E-state index contributed by atoms with van der Waals surface area (Å²) in [7, 11) is 1.40. The van der Waals surface area contributed by atoms with Gasteiger partial charge in [0.15, 0.2) is 0 Å². The van der Waals surface area contributed by atoms with Crippen LogP contribution in [0.1, 0.15) is 66.2 Å². The Morgan fingerprint density at radius 2 is 1.65 bits per heavy atom. The molecule has 1 aromatic rings. The normalized spacial score (nSPS) is 13.6. The molecule has 1 rings (SSSR count). The Balaban J connectivity index is 3.01. The predicted octanol–water partition coefficient (Wildman–Crippen LogP) is 2.69. The van der Waals surface area contributed by atoms with Crippen molar-refractivity contribution < 1.29 is 24.0 Å². The Hall–Kier alpha value is -2.94. The van der Waals surface area contributed by atoms with E-state index in [1.54, 1.807) is 24.3 Å². The molecule has 0 aliphatic heterocycles. The number of nitrogens with zero attached hydrogens (tertiary/aromatic N) is 1. The second-order valence-corrected chi connectivity index (χ2v) is 8.93. The van der Waals surface area contributed by atoms with Gasteiger partial charge in [-0.1, -0.05) is 58.2 Å². The lowest BCUT2D eigenvalue weighted by molar-refractivity contribution is -0.135. The van der Waals surface area contributed by atoms with E-state index < -0.39 is 29.8 Å². The molecule has 34 heavy (non-hydrogen) atoms. The van der Waals surface area contributed by atoms with Gasteiger partial charge >= 0.3 is 0 Å². The first-order valence-corrected chi connectivity index (χ1v) is 11.9. The van der Waals surface area contributed by atoms with Gasteiger partial charge in [-0.2, -0.15) is 5.06 Å². The second-order valence-electron chi connectivity index (χ2n) is 8.93. The van der Waals surface area contributed by atoms with E-state index in [1.165, 1.54) is 19.1 Å². The first kappa shape index (κ1) is 29.1. The van der Waals surface area contributed by atoms with Gasteiger partial charge in [0.1, 0.15) is 12.1 Å². The fourth-order valence-corrected chi connectivity index (χ4v) is 3.55. The Labute approximate surface area is 202 Å². The summed E-state index contributed by atoms with van der Waals surface area (Å²) in [6.45, 7) is 7.42. The third kappa shape index (κ3) is 9.91. The monoisotopic (exact) mass is 476 g/mol. The smallest absolute Gasteiger partial charge is 0.251 e. The van der Waals surface area contributed by atoms with Crippen LogP contribution in [0.15, 0.2) is 30.3 Å². The number of carbonyl (C=O) groups excluding carboxylic acids is 4. The van der Waals surface area contributed by atoms with Crippen LogP contribution in [0.2, 0.25) is 0 Å². The van der Waals surface area contributed by atoms with Gasteiger partial charge in [0, 0.05) is 12.3 Å². The average Bonchev–Trinajstić information content (AvgIpc) is 2.78. The van der Waals surface area contributed by atoms with Gasteiger partial charge in [-0.05, 0) is 37.8 Å². The first-order valence-electron chi connectivity index (χ1n) is 11.9. The number of rotatable bonds is 15. The van der Waals surface area contributed by atoms with Crippen LogP contribution in [0, 0.1) is 11.8 Å². The zero-order valence-corrected chi connectivity index (χ0v) is 21.0. The Kier molecular flexibility index (Phi) is 12.9. The number of unbranched alkanes of at least 4 members (excludes halogenated alkanes) is 2. The van der Waals surface area contributed by atoms with Gasteiger partial charge in [-0.3, -0.25) is 24.0 Å². The van der Waals surface area contributed by atoms with Crippen molar-refractivity contribution in [2.24, 2.45) is 17.6 Å². The summed E-state index contributed by atoms with van der Waals surface area (Å²) in [6, 6.07) is 7.21. The lowest BCUT2D eigenvalue weighted by Gasteiger charge is -2.26. The van der Waals surface area contributed by atoms with Crippen molar-refractivity contribution in [3.05, 3.63) is 30.3 Å². The molecule has 3 atom stereocenters. The van der Waals surface area contributed by atoms with E-state index in [0.717, 1.165) is 19.3 Å². The van der Waals surface area contributed by atoms with E-state index in [9.17, 15) is 19.2 Å². The summed E-state index contributed by atoms with van der Waals surface area (Å²) < 4.78 is 0. The van der Waals surface area contributed by atoms with E-state index in [-0.39, 0.29) is 24.2 Å². The van der Waals surface area contributed by atoms with Crippen LogP contribution in [-0.4, -0.2) is 42.8 Å². The van der Waals surface area contributed by atoms with Gasteiger partial charge in [0.2, 0.25) is 17.7 Å². The molecule has 0 fully saturated rings. The molecule has 4 amide bonds. The molecule has 0 bridgehead atoms. The van der Waals surface area contributed by atoms with E-state index in [4.69, 9.17) is 10.6 Å². The summed E-state index contributed by atoms with van der Waals surface area (Å²) in [6.07, 6.45) is 3.50. The largest absolute Gasteiger partial charge is 0.368 e. The summed E-state index contributed by atoms with van der Waals surface area (Å²) in [5, 5.41) is 6.53. The molecule has 1 aromatic carbocycles. The molecule has 0 saturated carbocycles. The molecular formula is C25H40N4O5. The minimum Gasteiger partial charge on any atom is -0.368 e. The molecular weight excluding hydrogens is 436 g/mol. The molecule has 0 radical (unpaired) electrons. The summed E-state index contributed by atoms with van der Waals surface area (Å²) in [5.41, 5.74) is 5.82. The molecule has 0 spiro atoms. The van der Waals surface area contributed by atoms with Crippen LogP contribution in [0.25, 0.3) is 0 Å². The number of nitrogens with two attached hydrogens (primary N) is 1. The van der Waals surface area contributed by atoms with Gasteiger partial charge in [-0.25, -0.2) is 0 Å². The fourth-order valence-electron chi connectivity index (χ4n) is 3.55.